The summed E-state index contributed by atoms with van der Waals surface area (Å²) >= 11 is 0. The first-order chi connectivity index (χ1) is 20.4. The number of nitrogens with one attached hydrogen (secondary N) is 4. The number of amides is 4. The van der Waals surface area contributed by atoms with E-state index in [9.17, 15) is 19.2 Å². The highest BCUT2D eigenvalue weighted by Crippen LogP contribution is 2.12. The molecule has 0 heterocycles. The number of carbonyl (C=O) groups is 4. The van der Waals surface area contributed by atoms with Gasteiger partial charge in [0.2, 0.25) is 11.8 Å². The van der Waals surface area contributed by atoms with Gasteiger partial charge in [0, 0.05) is 24.2 Å². The molecule has 8 heteroatoms. The Kier molecular flexibility index (Phi) is 17.3. The number of carbonyl (C=O) groups excluding carboxylic acids is 4. The van der Waals surface area contributed by atoms with Crippen LogP contribution in [-0.2, 0) is 9.59 Å². The zero-order valence-electron chi connectivity index (χ0n) is 25.5. The van der Waals surface area contributed by atoms with E-state index >= 15 is 0 Å². The van der Waals surface area contributed by atoms with Crippen molar-refractivity contribution in [2.24, 2.45) is 0 Å². The Labute approximate surface area is 251 Å². The molecule has 0 aliphatic rings. The second-order valence-electron chi connectivity index (χ2n) is 10.9. The zero-order chi connectivity index (χ0) is 30.4. The van der Waals surface area contributed by atoms with Gasteiger partial charge in [-0.1, -0.05) is 101 Å². The molecule has 2 aromatic carbocycles. The largest absolute Gasteiger partial charge is 0.354 e. The third kappa shape index (κ3) is 14.8. The van der Waals surface area contributed by atoms with E-state index in [4.69, 9.17) is 0 Å². The molecule has 0 fully saturated rings. The molecule has 0 radical (unpaired) electrons. The maximum atomic E-state index is 12.2. The van der Waals surface area contributed by atoms with Crippen LogP contribution < -0.4 is 21.3 Å². The minimum atomic E-state index is -0.562. The summed E-state index contributed by atoms with van der Waals surface area (Å²) in [5.41, 5.74) is 1.10. The van der Waals surface area contributed by atoms with Crippen molar-refractivity contribution in [1.82, 2.24) is 21.3 Å². The molecule has 0 saturated carbocycles. The molecule has 0 bridgehead atoms. The monoisotopic (exact) mass is 578 g/mol. The molecule has 8 nitrogen and oxygen atoms in total. The Hall–Kier alpha value is -3.68. The first-order valence-electron chi connectivity index (χ1n) is 15.7. The van der Waals surface area contributed by atoms with E-state index in [1.54, 1.807) is 62.4 Å². The van der Waals surface area contributed by atoms with Crippen molar-refractivity contribution in [3.8, 4) is 0 Å². The Morgan fingerprint density at radius 3 is 1.07 bits per heavy atom. The highest BCUT2D eigenvalue weighted by atomic mass is 16.2. The normalized spacial score (nSPS) is 12.1. The summed E-state index contributed by atoms with van der Waals surface area (Å²) < 4.78 is 0. The average Bonchev–Trinajstić information content (AvgIpc) is 3.01. The number of benzene rings is 2. The summed E-state index contributed by atoms with van der Waals surface area (Å²) in [7, 11) is 0. The van der Waals surface area contributed by atoms with E-state index in [-0.39, 0.29) is 23.6 Å². The first kappa shape index (κ1) is 34.5. The highest BCUT2D eigenvalue weighted by molar-refractivity contribution is 5.98. The topological polar surface area (TPSA) is 116 Å². The molecule has 4 amide bonds. The van der Waals surface area contributed by atoms with Crippen LogP contribution in [0.3, 0.4) is 0 Å². The molecule has 42 heavy (non-hydrogen) atoms. The fraction of sp³-hybridized carbons (Fsp3) is 0.529. The van der Waals surface area contributed by atoms with Gasteiger partial charge in [-0.3, -0.25) is 19.2 Å². The second kappa shape index (κ2) is 21.1. The summed E-state index contributed by atoms with van der Waals surface area (Å²) in [5.74, 6) is -0.776. The van der Waals surface area contributed by atoms with Crippen molar-refractivity contribution in [3.05, 3.63) is 71.8 Å². The highest BCUT2D eigenvalue weighted by Gasteiger charge is 2.16. The number of hydrogen-bond donors (Lipinski definition) is 4. The minimum Gasteiger partial charge on any atom is -0.354 e. The molecule has 0 saturated heterocycles. The molecule has 0 aliphatic carbocycles. The van der Waals surface area contributed by atoms with E-state index in [0.717, 1.165) is 25.7 Å². The summed E-state index contributed by atoms with van der Waals surface area (Å²) in [6.45, 7) is 4.68. The van der Waals surface area contributed by atoms with Gasteiger partial charge in [-0.15, -0.1) is 0 Å². The van der Waals surface area contributed by atoms with Crippen LogP contribution in [0.25, 0.3) is 0 Å². The molecule has 2 aromatic rings. The van der Waals surface area contributed by atoms with Crippen LogP contribution in [0, 0.1) is 0 Å². The van der Waals surface area contributed by atoms with Gasteiger partial charge in [-0.2, -0.15) is 0 Å². The third-order valence-corrected chi connectivity index (χ3v) is 7.26. The van der Waals surface area contributed by atoms with Crippen LogP contribution in [0.4, 0.5) is 0 Å². The van der Waals surface area contributed by atoms with Crippen LogP contribution in [0.1, 0.15) is 112 Å². The van der Waals surface area contributed by atoms with Crippen molar-refractivity contribution in [3.63, 3.8) is 0 Å². The fourth-order valence-electron chi connectivity index (χ4n) is 4.62. The molecular formula is C34H50N4O4. The molecule has 0 aromatic heterocycles. The number of hydrogen-bond acceptors (Lipinski definition) is 4. The summed E-state index contributed by atoms with van der Waals surface area (Å²) in [6, 6.07) is 16.7. The number of unbranched alkanes of at least 4 members (excludes halogenated alkanes) is 11. The lowest BCUT2D eigenvalue weighted by Crippen LogP contribution is -2.45. The van der Waals surface area contributed by atoms with Gasteiger partial charge in [0.15, 0.2) is 0 Å². The summed E-state index contributed by atoms with van der Waals surface area (Å²) in [4.78, 5) is 48.7. The van der Waals surface area contributed by atoms with Crippen LogP contribution in [0.5, 0.6) is 0 Å². The Morgan fingerprint density at radius 1 is 0.476 bits per heavy atom. The molecule has 0 unspecified atom stereocenters. The van der Waals surface area contributed by atoms with Gasteiger partial charge < -0.3 is 21.3 Å². The van der Waals surface area contributed by atoms with E-state index in [2.05, 4.69) is 21.3 Å². The summed E-state index contributed by atoms with van der Waals surface area (Å²) in [6.07, 6.45) is 13.9. The van der Waals surface area contributed by atoms with Gasteiger partial charge in [0.25, 0.3) is 11.8 Å². The lowest BCUT2D eigenvalue weighted by Gasteiger charge is -2.14. The zero-order valence-corrected chi connectivity index (χ0v) is 25.5. The van der Waals surface area contributed by atoms with Gasteiger partial charge in [-0.25, -0.2) is 0 Å². The Bertz CT molecular complexity index is 976. The fourth-order valence-corrected chi connectivity index (χ4v) is 4.62. The van der Waals surface area contributed by atoms with Crippen molar-refractivity contribution < 1.29 is 19.2 Å². The Morgan fingerprint density at radius 2 is 0.762 bits per heavy atom. The number of rotatable bonds is 21. The van der Waals surface area contributed by atoms with E-state index in [0.29, 0.717) is 24.2 Å². The molecular weight excluding hydrogens is 528 g/mol. The van der Waals surface area contributed by atoms with Gasteiger partial charge in [-0.05, 0) is 51.0 Å². The predicted octanol–water partition coefficient (Wildman–Crippen LogP) is 5.54. The van der Waals surface area contributed by atoms with E-state index < -0.39 is 12.1 Å². The van der Waals surface area contributed by atoms with Crippen LogP contribution in [0.15, 0.2) is 60.7 Å². The van der Waals surface area contributed by atoms with Crippen LogP contribution in [-0.4, -0.2) is 48.8 Å². The lowest BCUT2D eigenvalue weighted by atomic mass is 10.1. The third-order valence-electron chi connectivity index (χ3n) is 7.26. The van der Waals surface area contributed by atoms with E-state index in [1.807, 2.05) is 12.1 Å². The maximum absolute atomic E-state index is 12.2. The standard InChI is InChI=1S/C34H50N4O4/c1-27(37-33(41)29-21-15-13-16-22-29)31(39)35-25-19-11-9-7-5-3-4-6-8-10-12-20-26-36-32(40)28(2)38-34(42)30-23-17-14-18-24-30/h13-18,21-24,27-28H,3-12,19-20,25-26H2,1-2H3,(H,35,39)(H,36,40)(H,37,41)(H,38,42)/t27-,28-/m0/s1. The molecule has 2 atom stereocenters. The van der Waals surface area contributed by atoms with Gasteiger partial charge in [0.1, 0.15) is 12.1 Å². The molecule has 0 spiro atoms. The molecule has 230 valence electrons. The van der Waals surface area contributed by atoms with Crippen molar-refractivity contribution in [1.29, 1.82) is 0 Å². The lowest BCUT2D eigenvalue weighted by molar-refractivity contribution is -0.123. The predicted molar refractivity (Wildman–Crippen MR) is 168 cm³/mol. The molecule has 0 aliphatic heterocycles. The Balaban J connectivity index is 1.33. The van der Waals surface area contributed by atoms with Crippen LogP contribution in [0.2, 0.25) is 0 Å². The smallest absolute Gasteiger partial charge is 0.251 e. The second-order valence-corrected chi connectivity index (χ2v) is 10.9. The minimum absolute atomic E-state index is 0.150. The van der Waals surface area contributed by atoms with Crippen molar-refractivity contribution in [2.45, 2.75) is 103 Å². The quantitative estimate of drug-likeness (QED) is 0.146. The molecule has 4 N–H and O–H groups in total. The van der Waals surface area contributed by atoms with E-state index in [1.165, 1.54) is 51.4 Å². The van der Waals surface area contributed by atoms with Gasteiger partial charge in [0.05, 0.1) is 0 Å². The average molecular weight is 579 g/mol. The molecule has 2 rings (SSSR count). The first-order valence-corrected chi connectivity index (χ1v) is 15.7. The van der Waals surface area contributed by atoms with Crippen LogP contribution >= 0.6 is 0 Å². The SMILES string of the molecule is C[C@H](NC(=O)c1ccccc1)C(=O)NCCCCCCCCCCCCCCNC(=O)[C@H](C)NC(=O)c1ccccc1. The van der Waals surface area contributed by atoms with Gasteiger partial charge >= 0.3 is 0 Å². The summed E-state index contributed by atoms with van der Waals surface area (Å²) in [5, 5.41) is 11.3. The van der Waals surface area contributed by atoms with Crippen molar-refractivity contribution in [2.75, 3.05) is 13.1 Å². The maximum Gasteiger partial charge on any atom is 0.251 e. The van der Waals surface area contributed by atoms with Crippen molar-refractivity contribution >= 4 is 23.6 Å².